The van der Waals surface area contributed by atoms with Crippen molar-refractivity contribution in [2.45, 2.75) is 6.42 Å². The fourth-order valence-electron chi connectivity index (χ4n) is 1.45. The van der Waals surface area contributed by atoms with Crippen LogP contribution in [-0.4, -0.2) is 6.54 Å². The minimum Gasteiger partial charge on any atom is -0.469 e. The number of halogens is 1. The van der Waals surface area contributed by atoms with E-state index >= 15 is 0 Å². The number of rotatable bonds is 4. The molecular formula is C12H13FN2O. The molecule has 0 saturated carbocycles. The average molecular weight is 220 g/mol. The Labute approximate surface area is 93.1 Å². The zero-order chi connectivity index (χ0) is 11.4. The summed E-state index contributed by atoms with van der Waals surface area (Å²) in [5.74, 6) is 0.544. The molecule has 1 heterocycles. The van der Waals surface area contributed by atoms with E-state index in [1.807, 2.05) is 12.1 Å². The zero-order valence-electron chi connectivity index (χ0n) is 8.74. The second-order valence-corrected chi connectivity index (χ2v) is 3.50. The maximum Gasteiger partial charge on any atom is 0.148 e. The lowest BCUT2D eigenvalue weighted by Gasteiger charge is -2.06. The largest absolute Gasteiger partial charge is 0.469 e. The molecule has 4 heteroatoms. The molecule has 84 valence electrons. The van der Waals surface area contributed by atoms with Gasteiger partial charge in [-0.25, -0.2) is 4.39 Å². The van der Waals surface area contributed by atoms with E-state index < -0.39 is 0 Å². The molecule has 0 fully saturated rings. The van der Waals surface area contributed by atoms with Gasteiger partial charge in [0.15, 0.2) is 0 Å². The van der Waals surface area contributed by atoms with Crippen LogP contribution in [0.3, 0.4) is 0 Å². The number of nitrogen functional groups attached to an aromatic ring is 1. The van der Waals surface area contributed by atoms with Gasteiger partial charge in [-0.1, -0.05) is 0 Å². The Balaban J connectivity index is 1.90. The molecule has 0 saturated heterocycles. The van der Waals surface area contributed by atoms with E-state index in [2.05, 4.69) is 5.32 Å². The van der Waals surface area contributed by atoms with E-state index in [-0.39, 0.29) is 5.82 Å². The van der Waals surface area contributed by atoms with Crippen molar-refractivity contribution in [3.8, 4) is 0 Å². The first-order valence-corrected chi connectivity index (χ1v) is 5.07. The van der Waals surface area contributed by atoms with Gasteiger partial charge in [0.1, 0.15) is 11.6 Å². The molecule has 0 bridgehead atoms. The molecule has 0 aliphatic rings. The van der Waals surface area contributed by atoms with Gasteiger partial charge in [0.25, 0.3) is 0 Å². The minimum atomic E-state index is -0.334. The highest BCUT2D eigenvalue weighted by molar-refractivity contribution is 5.52. The van der Waals surface area contributed by atoms with Crippen LogP contribution < -0.4 is 11.1 Å². The van der Waals surface area contributed by atoms with Crippen LogP contribution in [0.4, 0.5) is 15.8 Å². The Hall–Kier alpha value is -1.97. The fraction of sp³-hybridized carbons (Fsp3) is 0.167. The summed E-state index contributed by atoms with van der Waals surface area (Å²) in [5, 5.41) is 2.99. The predicted octanol–water partition coefficient (Wildman–Crippen LogP) is 2.66. The third-order valence-corrected chi connectivity index (χ3v) is 2.26. The van der Waals surface area contributed by atoms with Crippen LogP contribution in [0.1, 0.15) is 5.76 Å². The van der Waals surface area contributed by atoms with Crippen LogP contribution >= 0.6 is 0 Å². The molecule has 0 radical (unpaired) electrons. The van der Waals surface area contributed by atoms with Crippen molar-refractivity contribution in [1.29, 1.82) is 0 Å². The van der Waals surface area contributed by atoms with E-state index in [0.29, 0.717) is 17.9 Å². The van der Waals surface area contributed by atoms with Crippen LogP contribution in [0.5, 0.6) is 0 Å². The van der Waals surface area contributed by atoms with Crippen molar-refractivity contribution in [2.75, 3.05) is 17.6 Å². The van der Waals surface area contributed by atoms with Crippen molar-refractivity contribution in [1.82, 2.24) is 0 Å². The lowest BCUT2D eigenvalue weighted by Crippen LogP contribution is -2.06. The Bertz CT molecular complexity index is 454. The highest BCUT2D eigenvalue weighted by Crippen LogP contribution is 2.16. The highest BCUT2D eigenvalue weighted by Gasteiger charge is 2.02. The number of hydrogen-bond acceptors (Lipinski definition) is 3. The zero-order valence-corrected chi connectivity index (χ0v) is 8.74. The molecule has 0 aliphatic carbocycles. The van der Waals surface area contributed by atoms with Crippen LogP contribution in [0, 0.1) is 5.82 Å². The van der Waals surface area contributed by atoms with Crippen molar-refractivity contribution in [2.24, 2.45) is 0 Å². The van der Waals surface area contributed by atoms with E-state index in [4.69, 9.17) is 10.2 Å². The van der Waals surface area contributed by atoms with Gasteiger partial charge in [0.05, 0.1) is 12.0 Å². The monoisotopic (exact) mass is 220 g/mol. The average Bonchev–Trinajstić information content (AvgIpc) is 2.74. The Morgan fingerprint density at radius 3 is 2.88 bits per heavy atom. The van der Waals surface area contributed by atoms with Gasteiger partial charge < -0.3 is 15.5 Å². The van der Waals surface area contributed by atoms with E-state index in [1.54, 1.807) is 18.4 Å². The normalized spacial score (nSPS) is 10.3. The first-order valence-electron chi connectivity index (χ1n) is 5.07. The maximum atomic E-state index is 13.4. The predicted molar refractivity (Wildman–Crippen MR) is 61.7 cm³/mol. The molecule has 1 aromatic carbocycles. The minimum absolute atomic E-state index is 0.334. The number of anilines is 2. The smallest absolute Gasteiger partial charge is 0.148 e. The fourth-order valence-corrected chi connectivity index (χ4v) is 1.45. The van der Waals surface area contributed by atoms with Gasteiger partial charge >= 0.3 is 0 Å². The van der Waals surface area contributed by atoms with E-state index in [9.17, 15) is 4.39 Å². The third-order valence-electron chi connectivity index (χ3n) is 2.26. The van der Waals surface area contributed by atoms with Crippen LogP contribution in [-0.2, 0) is 6.42 Å². The molecule has 2 aromatic rings. The highest BCUT2D eigenvalue weighted by atomic mass is 19.1. The summed E-state index contributed by atoms with van der Waals surface area (Å²) in [7, 11) is 0. The lowest BCUT2D eigenvalue weighted by atomic mass is 10.2. The van der Waals surface area contributed by atoms with Gasteiger partial charge in [0.2, 0.25) is 0 Å². The van der Waals surface area contributed by atoms with Crippen molar-refractivity contribution >= 4 is 11.4 Å². The van der Waals surface area contributed by atoms with Crippen LogP contribution in [0.2, 0.25) is 0 Å². The van der Waals surface area contributed by atoms with Gasteiger partial charge in [-0.3, -0.25) is 0 Å². The molecule has 0 spiro atoms. The number of furan rings is 1. The first kappa shape index (κ1) is 10.5. The number of nitrogens with one attached hydrogen (secondary N) is 1. The summed E-state index contributed by atoms with van der Waals surface area (Å²) in [4.78, 5) is 0. The Morgan fingerprint density at radius 1 is 1.31 bits per heavy atom. The first-order chi connectivity index (χ1) is 7.75. The van der Waals surface area contributed by atoms with Crippen molar-refractivity contribution in [3.63, 3.8) is 0 Å². The molecule has 2 rings (SSSR count). The maximum absolute atomic E-state index is 13.4. The lowest BCUT2D eigenvalue weighted by molar-refractivity contribution is 0.512. The molecule has 16 heavy (non-hydrogen) atoms. The second kappa shape index (κ2) is 4.70. The second-order valence-electron chi connectivity index (χ2n) is 3.50. The summed E-state index contributed by atoms with van der Waals surface area (Å²) in [6.45, 7) is 0.619. The standard InChI is InChI=1S/C12H13FN2O/c13-11-8-9(14)3-4-12(11)15-6-5-10-2-1-7-16-10/h1-4,7-8,15H,5-6,14H2. The van der Waals surface area contributed by atoms with Crippen molar-refractivity contribution in [3.05, 3.63) is 48.2 Å². The summed E-state index contributed by atoms with van der Waals surface area (Å²) in [6.07, 6.45) is 2.34. The molecule has 0 aliphatic heterocycles. The number of benzene rings is 1. The number of nitrogens with two attached hydrogens (primary N) is 1. The molecular weight excluding hydrogens is 207 g/mol. The quantitative estimate of drug-likeness (QED) is 0.779. The van der Waals surface area contributed by atoms with E-state index in [1.165, 1.54) is 6.07 Å². The van der Waals surface area contributed by atoms with Crippen molar-refractivity contribution < 1.29 is 8.81 Å². The molecule has 0 atom stereocenters. The van der Waals surface area contributed by atoms with Crippen LogP contribution in [0.25, 0.3) is 0 Å². The van der Waals surface area contributed by atoms with Crippen LogP contribution in [0.15, 0.2) is 41.0 Å². The molecule has 3 N–H and O–H groups in total. The van der Waals surface area contributed by atoms with Gasteiger partial charge in [-0.15, -0.1) is 0 Å². The molecule has 0 amide bonds. The SMILES string of the molecule is Nc1ccc(NCCc2ccco2)c(F)c1. The van der Waals surface area contributed by atoms with Gasteiger partial charge in [0, 0.05) is 18.7 Å². The molecule has 1 aromatic heterocycles. The molecule has 0 unspecified atom stereocenters. The van der Waals surface area contributed by atoms with E-state index in [0.717, 1.165) is 12.2 Å². The van der Waals surface area contributed by atoms with Gasteiger partial charge in [-0.05, 0) is 30.3 Å². The number of hydrogen-bond donors (Lipinski definition) is 2. The summed E-state index contributed by atoms with van der Waals surface area (Å²) >= 11 is 0. The summed E-state index contributed by atoms with van der Waals surface area (Å²) in [5.41, 5.74) is 6.33. The molecule has 3 nitrogen and oxygen atoms in total. The third kappa shape index (κ3) is 2.53. The van der Waals surface area contributed by atoms with Gasteiger partial charge in [-0.2, -0.15) is 0 Å². The Morgan fingerprint density at radius 2 is 2.19 bits per heavy atom. The topological polar surface area (TPSA) is 51.2 Å². The Kier molecular flexibility index (Phi) is 3.10. The summed E-state index contributed by atoms with van der Waals surface area (Å²) < 4.78 is 18.5. The summed E-state index contributed by atoms with van der Waals surface area (Å²) in [6, 6.07) is 8.32.